The van der Waals surface area contributed by atoms with Gasteiger partial charge in [-0.25, -0.2) is 0 Å². The summed E-state index contributed by atoms with van der Waals surface area (Å²) in [6.07, 6.45) is 6.11. The van der Waals surface area contributed by atoms with Crippen molar-refractivity contribution in [3.8, 4) is 0 Å². The molecule has 0 N–H and O–H groups in total. The summed E-state index contributed by atoms with van der Waals surface area (Å²) >= 11 is 0. The summed E-state index contributed by atoms with van der Waals surface area (Å²) in [5, 5.41) is 0. The van der Waals surface area contributed by atoms with Crippen LogP contribution in [0.25, 0.3) is 0 Å². The lowest BCUT2D eigenvalue weighted by atomic mass is 9.73. The summed E-state index contributed by atoms with van der Waals surface area (Å²) in [5.41, 5.74) is 3.24. The average Bonchev–Trinajstić information content (AvgIpc) is 2.13. The summed E-state index contributed by atoms with van der Waals surface area (Å²) < 4.78 is 0. The topological polar surface area (TPSA) is 12.4 Å². The third-order valence-electron chi connectivity index (χ3n) is 2.95. The Hall–Kier alpha value is -0.850. The molecule has 17 heavy (non-hydrogen) atoms. The number of nitrogens with zero attached hydrogens (tertiary/aromatic N) is 1. The van der Waals surface area contributed by atoms with E-state index >= 15 is 0 Å². The maximum atomic E-state index is 4.06. The van der Waals surface area contributed by atoms with Gasteiger partial charge in [-0.3, -0.25) is 0 Å². The third kappa shape index (κ3) is 5.34. The zero-order valence-corrected chi connectivity index (χ0v) is 12.7. The molecule has 0 aromatic carbocycles. The van der Waals surface area contributed by atoms with Crippen LogP contribution < -0.4 is 0 Å². The first-order valence-corrected chi connectivity index (χ1v) is 6.41. The van der Waals surface area contributed by atoms with E-state index in [9.17, 15) is 0 Å². The molecule has 0 rings (SSSR count). The molecule has 0 saturated carbocycles. The van der Waals surface area contributed by atoms with Gasteiger partial charge in [-0.2, -0.15) is 0 Å². The summed E-state index contributed by atoms with van der Waals surface area (Å²) in [4.78, 5) is 4.06. The minimum atomic E-state index is 0.160. The average molecular weight is 235 g/mol. The van der Waals surface area contributed by atoms with Gasteiger partial charge in [-0.1, -0.05) is 59.8 Å². The van der Waals surface area contributed by atoms with E-state index in [1.807, 2.05) is 19.3 Å². The molecule has 0 aromatic rings. The van der Waals surface area contributed by atoms with Gasteiger partial charge in [0.25, 0.3) is 0 Å². The number of hydrogen-bond donors (Lipinski definition) is 0. The highest BCUT2D eigenvalue weighted by atomic mass is 14.6. The number of rotatable bonds is 4. The van der Waals surface area contributed by atoms with Crippen LogP contribution in [0.4, 0.5) is 0 Å². The van der Waals surface area contributed by atoms with Crippen LogP contribution in [-0.4, -0.2) is 13.3 Å². The Morgan fingerprint density at radius 3 is 1.88 bits per heavy atom. The van der Waals surface area contributed by atoms with E-state index in [1.54, 1.807) is 0 Å². The highest BCUT2D eigenvalue weighted by molar-refractivity contribution is 5.57. The van der Waals surface area contributed by atoms with Gasteiger partial charge < -0.3 is 4.99 Å². The molecule has 1 heteroatoms. The first-order chi connectivity index (χ1) is 7.64. The predicted octanol–water partition coefficient (Wildman–Crippen LogP) is 5.04. The first kappa shape index (κ1) is 16.1. The molecule has 0 bridgehead atoms. The van der Waals surface area contributed by atoms with Crippen molar-refractivity contribution in [3.05, 3.63) is 23.8 Å². The van der Waals surface area contributed by atoms with E-state index in [2.05, 4.69) is 53.1 Å². The second-order valence-corrected chi connectivity index (χ2v) is 6.58. The molecule has 98 valence electrons. The van der Waals surface area contributed by atoms with Gasteiger partial charge in [0.2, 0.25) is 0 Å². The minimum Gasteiger partial charge on any atom is -0.301 e. The molecule has 0 aromatic heterocycles. The van der Waals surface area contributed by atoms with Crippen molar-refractivity contribution >= 4 is 6.21 Å². The molecule has 0 atom stereocenters. The van der Waals surface area contributed by atoms with Crippen molar-refractivity contribution in [3.63, 3.8) is 0 Å². The molecule has 0 aliphatic rings. The molecule has 1 nitrogen and oxygen atoms in total. The van der Waals surface area contributed by atoms with E-state index in [0.717, 1.165) is 12.8 Å². The maximum Gasteiger partial charge on any atom is 0.0273 e. The predicted molar refractivity (Wildman–Crippen MR) is 79.8 cm³/mol. The van der Waals surface area contributed by atoms with Crippen LogP contribution in [0, 0.1) is 10.8 Å². The van der Waals surface area contributed by atoms with E-state index in [-0.39, 0.29) is 10.8 Å². The van der Waals surface area contributed by atoms with Gasteiger partial charge in [0.15, 0.2) is 0 Å². The van der Waals surface area contributed by atoms with Crippen molar-refractivity contribution < 1.29 is 0 Å². The third-order valence-corrected chi connectivity index (χ3v) is 2.95. The Morgan fingerprint density at radius 1 is 1.06 bits per heavy atom. The van der Waals surface area contributed by atoms with Gasteiger partial charge >= 0.3 is 0 Å². The molecule has 0 heterocycles. The van der Waals surface area contributed by atoms with Crippen LogP contribution >= 0.6 is 0 Å². The van der Waals surface area contributed by atoms with Gasteiger partial charge in [0, 0.05) is 7.05 Å². The SMILES string of the molecule is C=C/C(=C(\CCC=NC)C(C)(C)C)C(C)(C)C. The molecular weight excluding hydrogens is 206 g/mol. The van der Waals surface area contributed by atoms with Gasteiger partial charge in [-0.05, 0) is 35.5 Å². The Balaban J connectivity index is 5.40. The fourth-order valence-electron chi connectivity index (χ4n) is 2.13. The number of hydrogen-bond acceptors (Lipinski definition) is 1. The molecule has 0 unspecified atom stereocenters. The van der Waals surface area contributed by atoms with Gasteiger partial charge in [0.1, 0.15) is 0 Å². The van der Waals surface area contributed by atoms with E-state index in [0.29, 0.717) is 0 Å². The van der Waals surface area contributed by atoms with Crippen LogP contribution in [0.3, 0.4) is 0 Å². The summed E-state index contributed by atoms with van der Waals surface area (Å²) in [6, 6.07) is 0. The number of aliphatic imine (C=N–C) groups is 1. The number of allylic oxidation sites excluding steroid dienone is 3. The standard InChI is InChI=1S/C16H29N/c1-9-13(15(2,3)4)14(16(5,6)7)11-10-12-17-8/h9,12H,1,10-11H2,2-8H3/b14-13-,17-12?. The Kier molecular flexibility index (Phi) is 5.87. The van der Waals surface area contributed by atoms with E-state index in [1.165, 1.54) is 11.1 Å². The highest BCUT2D eigenvalue weighted by Gasteiger charge is 2.25. The lowest BCUT2D eigenvalue weighted by molar-refractivity contribution is 0.440. The molecule has 0 spiro atoms. The van der Waals surface area contributed by atoms with Crippen molar-refractivity contribution in [2.75, 3.05) is 7.05 Å². The maximum absolute atomic E-state index is 4.06. The molecule has 0 fully saturated rings. The Morgan fingerprint density at radius 2 is 1.59 bits per heavy atom. The molecular formula is C16H29N. The quantitative estimate of drug-likeness (QED) is 0.478. The Bertz CT molecular complexity index is 305. The largest absolute Gasteiger partial charge is 0.301 e. The highest BCUT2D eigenvalue weighted by Crippen LogP contribution is 2.39. The van der Waals surface area contributed by atoms with Gasteiger partial charge in [-0.15, -0.1) is 0 Å². The van der Waals surface area contributed by atoms with Crippen LogP contribution in [0.1, 0.15) is 54.4 Å². The van der Waals surface area contributed by atoms with Crippen LogP contribution in [0.5, 0.6) is 0 Å². The first-order valence-electron chi connectivity index (χ1n) is 6.41. The van der Waals surface area contributed by atoms with Crippen molar-refractivity contribution in [2.45, 2.75) is 54.4 Å². The van der Waals surface area contributed by atoms with E-state index in [4.69, 9.17) is 0 Å². The normalized spacial score (nSPS) is 15.0. The zero-order chi connectivity index (χ0) is 13.7. The van der Waals surface area contributed by atoms with Crippen molar-refractivity contribution in [1.29, 1.82) is 0 Å². The monoisotopic (exact) mass is 235 g/mol. The van der Waals surface area contributed by atoms with Crippen LogP contribution in [-0.2, 0) is 0 Å². The lowest BCUT2D eigenvalue weighted by Crippen LogP contribution is -2.19. The fraction of sp³-hybridized carbons (Fsp3) is 0.688. The van der Waals surface area contributed by atoms with Gasteiger partial charge in [0.05, 0.1) is 0 Å². The zero-order valence-electron chi connectivity index (χ0n) is 12.7. The molecule has 0 aliphatic heterocycles. The summed E-state index contributed by atoms with van der Waals surface area (Å²) in [5.74, 6) is 0. The van der Waals surface area contributed by atoms with Crippen molar-refractivity contribution in [1.82, 2.24) is 0 Å². The van der Waals surface area contributed by atoms with E-state index < -0.39 is 0 Å². The minimum absolute atomic E-state index is 0.160. The van der Waals surface area contributed by atoms with Crippen molar-refractivity contribution in [2.24, 2.45) is 15.8 Å². The summed E-state index contributed by atoms with van der Waals surface area (Å²) in [6.45, 7) is 17.6. The van der Waals surface area contributed by atoms with Crippen LogP contribution in [0.2, 0.25) is 0 Å². The molecule has 0 amide bonds. The second kappa shape index (κ2) is 6.18. The molecule has 0 saturated heterocycles. The smallest absolute Gasteiger partial charge is 0.0273 e. The lowest BCUT2D eigenvalue weighted by Gasteiger charge is -2.32. The summed E-state index contributed by atoms with van der Waals surface area (Å²) in [7, 11) is 1.83. The molecule has 0 radical (unpaired) electrons. The molecule has 0 aliphatic carbocycles. The second-order valence-electron chi connectivity index (χ2n) is 6.58. The van der Waals surface area contributed by atoms with Crippen LogP contribution in [0.15, 0.2) is 28.8 Å². The fourth-order valence-corrected chi connectivity index (χ4v) is 2.13. The Labute approximate surface area is 108 Å².